The SMILES string of the molecule is CCCCc1ccc(CC(=O)NCC(C)(C)N)cc1. The van der Waals surface area contributed by atoms with Crippen LogP contribution in [0.25, 0.3) is 0 Å². The van der Waals surface area contributed by atoms with Gasteiger partial charge < -0.3 is 11.1 Å². The molecule has 0 aliphatic carbocycles. The Hall–Kier alpha value is -1.35. The van der Waals surface area contributed by atoms with Crippen LogP contribution < -0.4 is 11.1 Å². The lowest BCUT2D eigenvalue weighted by Crippen LogP contribution is -2.45. The van der Waals surface area contributed by atoms with Gasteiger partial charge in [0, 0.05) is 12.1 Å². The Labute approximate surface area is 116 Å². The third-order valence-electron chi connectivity index (χ3n) is 2.95. The summed E-state index contributed by atoms with van der Waals surface area (Å²) >= 11 is 0. The first-order valence-electron chi connectivity index (χ1n) is 7.04. The van der Waals surface area contributed by atoms with Crippen LogP contribution in [-0.2, 0) is 17.6 Å². The Morgan fingerprint density at radius 1 is 1.21 bits per heavy atom. The van der Waals surface area contributed by atoms with E-state index in [1.54, 1.807) is 0 Å². The van der Waals surface area contributed by atoms with Gasteiger partial charge in [-0.1, -0.05) is 37.6 Å². The summed E-state index contributed by atoms with van der Waals surface area (Å²) in [5, 5.41) is 2.86. The second-order valence-corrected chi connectivity index (χ2v) is 5.86. The second kappa shape index (κ2) is 7.29. The van der Waals surface area contributed by atoms with Gasteiger partial charge in [0.15, 0.2) is 0 Å². The number of carbonyl (C=O) groups is 1. The molecule has 19 heavy (non-hydrogen) atoms. The number of hydrogen-bond donors (Lipinski definition) is 2. The van der Waals surface area contributed by atoms with Crippen LogP contribution in [0.3, 0.4) is 0 Å². The van der Waals surface area contributed by atoms with Crippen molar-refractivity contribution in [3.05, 3.63) is 35.4 Å². The minimum Gasteiger partial charge on any atom is -0.354 e. The molecular weight excluding hydrogens is 236 g/mol. The minimum atomic E-state index is -0.361. The molecule has 0 spiro atoms. The zero-order valence-corrected chi connectivity index (χ0v) is 12.3. The van der Waals surface area contributed by atoms with E-state index in [9.17, 15) is 4.79 Å². The average molecular weight is 262 g/mol. The van der Waals surface area contributed by atoms with Crippen molar-refractivity contribution >= 4 is 5.91 Å². The first-order chi connectivity index (χ1) is 8.90. The number of nitrogens with two attached hydrogens (primary N) is 1. The highest BCUT2D eigenvalue weighted by molar-refractivity contribution is 5.78. The number of aryl methyl sites for hydroxylation is 1. The van der Waals surface area contributed by atoms with Crippen LogP contribution in [0, 0.1) is 0 Å². The predicted molar refractivity (Wildman–Crippen MR) is 80.0 cm³/mol. The van der Waals surface area contributed by atoms with Gasteiger partial charge >= 0.3 is 0 Å². The number of amides is 1. The summed E-state index contributed by atoms with van der Waals surface area (Å²) < 4.78 is 0. The van der Waals surface area contributed by atoms with E-state index in [1.165, 1.54) is 18.4 Å². The van der Waals surface area contributed by atoms with E-state index in [0.717, 1.165) is 12.0 Å². The Morgan fingerprint density at radius 2 is 1.79 bits per heavy atom. The maximum atomic E-state index is 11.7. The second-order valence-electron chi connectivity index (χ2n) is 5.86. The fraction of sp³-hybridized carbons (Fsp3) is 0.562. The van der Waals surface area contributed by atoms with Gasteiger partial charge in [0.05, 0.1) is 6.42 Å². The number of nitrogens with one attached hydrogen (secondary N) is 1. The predicted octanol–water partition coefficient (Wildman–Crippen LogP) is 2.43. The maximum absolute atomic E-state index is 11.7. The lowest BCUT2D eigenvalue weighted by molar-refractivity contribution is -0.120. The zero-order chi connectivity index (χ0) is 14.3. The van der Waals surface area contributed by atoms with Gasteiger partial charge in [-0.05, 0) is 37.8 Å². The van der Waals surface area contributed by atoms with Crippen molar-refractivity contribution in [3.8, 4) is 0 Å². The molecule has 1 aromatic rings. The molecule has 0 saturated carbocycles. The van der Waals surface area contributed by atoms with Gasteiger partial charge in [-0.2, -0.15) is 0 Å². The number of rotatable bonds is 7. The summed E-state index contributed by atoms with van der Waals surface area (Å²) in [5.74, 6) is 0.0276. The van der Waals surface area contributed by atoms with Crippen LogP contribution >= 0.6 is 0 Å². The molecule has 1 rings (SSSR count). The Morgan fingerprint density at radius 3 is 2.32 bits per heavy atom. The Balaban J connectivity index is 2.42. The molecule has 0 aromatic heterocycles. The summed E-state index contributed by atoms with van der Waals surface area (Å²) in [6.45, 7) is 6.49. The molecule has 0 unspecified atom stereocenters. The molecule has 3 heteroatoms. The van der Waals surface area contributed by atoms with Crippen molar-refractivity contribution < 1.29 is 4.79 Å². The monoisotopic (exact) mass is 262 g/mol. The number of hydrogen-bond acceptors (Lipinski definition) is 2. The maximum Gasteiger partial charge on any atom is 0.224 e. The molecular formula is C16H26N2O. The molecule has 3 nitrogen and oxygen atoms in total. The van der Waals surface area contributed by atoms with E-state index < -0.39 is 0 Å². The molecule has 1 aromatic carbocycles. The van der Waals surface area contributed by atoms with Crippen LogP contribution in [0.1, 0.15) is 44.7 Å². The van der Waals surface area contributed by atoms with Crippen LogP contribution in [0.15, 0.2) is 24.3 Å². The summed E-state index contributed by atoms with van der Waals surface area (Å²) in [6, 6.07) is 8.31. The fourth-order valence-corrected chi connectivity index (χ4v) is 1.78. The molecule has 0 radical (unpaired) electrons. The van der Waals surface area contributed by atoms with E-state index in [2.05, 4.69) is 24.4 Å². The molecule has 0 aliphatic rings. The summed E-state index contributed by atoms with van der Waals surface area (Å²) in [7, 11) is 0. The summed E-state index contributed by atoms with van der Waals surface area (Å²) in [4.78, 5) is 11.7. The van der Waals surface area contributed by atoms with Crippen molar-refractivity contribution in [2.45, 2.75) is 52.0 Å². The average Bonchev–Trinajstić information content (AvgIpc) is 2.35. The summed E-state index contributed by atoms with van der Waals surface area (Å²) in [6.07, 6.45) is 3.96. The highest BCUT2D eigenvalue weighted by Crippen LogP contribution is 2.08. The van der Waals surface area contributed by atoms with Gasteiger partial charge in [-0.3, -0.25) is 4.79 Å². The quantitative estimate of drug-likeness (QED) is 0.793. The third-order valence-corrected chi connectivity index (χ3v) is 2.95. The first kappa shape index (κ1) is 15.7. The fourth-order valence-electron chi connectivity index (χ4n) is 1.78. The van der Waals surface area contributed by atoms with E-state index in [4.69, 9.17) is 5.73 Å². The van der Waals surface area contributed by atoms with Crippen LogP contribution in [0.5, 0.6) is 0 Å². The molecule has 3 N–H and O–H groups in total. The minimum absolute atomic E-state index is 0.0276. The van der Waals surface area contributed by atoms with Crippen LogP contribution in [0.2, 0.25) is 0 Å². The summed E-state index contributed by atoms with van der Waals surface area (Å²) in [5.41, 5.74) is 7.86. The smallest absolute Gasteiger partial charge is 0.224 e. The van der Waals surface area contributed by atoms with Gasteiger partial charge in [-0.15, -0.1) is 0 Å². The van der Waals surface area contributed by atoms with E-state index in [-0.39, 0.29) is 11.4 Å². The van der Waals surface area contributed by atoms with E-state index >= 15 is 0 Å². The lowest BCUT2D eigenvalue weighted by Gasteiger charge is -2.18. The molecule has 0 aliphatic heterocycles. The first-order valence-corrected chi connectivity index (χ1v) is 7.04. The molecule has 0 saturated heterocycles. The molecule has 106 valence electrons. The Kier molecular flexibility index (Phi) is 6.03. The normalized spacial score (nSPS) is 11.4. The highest BCUT2D eigenvalue weighted by atomic mass is 16.1. The molecule has 0 atom stereocenters. The van der Waals surface area contributed by atoms with Gasteiger partial charge in [0.2, 0.25) is 5.91 Å². The number of carbonyl (C=O) groups excluding carboxylic acids is 1. The zero-order valence-electron chi connectivity index (χ0n) is 12.3. The van der Waals surface area contributed by atoms with Crippen molar-refractivity contribution in [1.82, 2.24) is 5.32 Å². The van der Waals surface area contributed by atoms with Gasteiger partial charge in [-0.25, -0.2) is 0 Å². The molecule has 0 fully saturated rings. The van der Waals surface area contributed by atoms with E-state index in [1.807, 2.05) is 26.0 Å². The van der Waals surface area contributed by atoms with Crippen molar-refractivity contribution in [2.24, 2.45) is 5.73 Å². The topological polar surface area (TPSA) is 55.1 Å². The van der Waals surface area contributed by atoms with E-state index in [0.29, 0.717) is 13.0 Å². The number of benzene rings is 1. The standard InChI is InChI=1S/C16H26N2O/c1-4-5-6-13-7-9-14(10-8-13)11-15(19)18-12-16(2,3)17/h7-10H,4-6,11-12,17H2,1-3H3,(H,18,19). The van der Waals surface area contributed by atoms with Crippen LogP contribution in [-0.4, -0.2) is 18.0 Å². The van der Waals surface area contributed by atoms with Crippen molar-refractivity contribution in [2.75, 3.05) is 6.54 Å². The van der Waals surface area contributed by atoms with Gasteiger partial charge in [0.1, 0.15) is 0 Å². The van der Waals surface area contributed by atoms with Crippen molar-refractivity contribution in [1.29, 1.82) is 0 Å². The Bertz CT molecular complexity index is 390. The van der Waals surface area contributed by atoms with Gasteiger partial charge in [0.25, 0.3) is 0 Å². The third kappa shape index (κ3) is 6.97. The molecule has 0 heterocycles. The number of unbranched alkanes of at least 4 members (excludes halogenated alkanes) is 1. The lowest BCUT2D eigenvalue weighted by atomic mass is 10.0. The highest BCUT2D eigenvalue weighted by Gasteiger charge is 2.12. The van der Waals surface area contributed by atoms with Crippen molar-refractivity contribution in [3.63, 3.8) is 0 Å². The largest absolute Gasteiger partial charge is 0.354 e. The molecule has 0 bridgehead atoms. The molecule has 1 amide bonds. The van der Waals surface area contributed by atoms with Crippen LogP contribution in [0.4, 0.5) is 0 Å².